The third kappa shape index (κ3) is 10.0. The molecule has 0 fully saturated rings. The van der Waals surface area contributed by atoms with E-state index in [1.807, 2.05) is 42.6 Å². The summed E-state index contributed by atoms with van der Waals surface area (Å²) < 4.78 is 0. The molecule has 6 aromatic carbocycles. The summed E-state index contributed by atoms with van der Waals surface area (Å²) in [5, 5.41) is 11.7. The third-order valence-electron chi connectivity index (χ3n) is 11.8. The minimum absolute atomic E-state index is 0. The largest absolute Gasteiger partial charge is 0.507 e. The molecule has 2 heterocycles. The maximum Gasteiger partial charge on any atom is 0.124 e. The zero-order chi connectivity index (χ0) is 44.7. The van der Waals surface area contributed by atoms with Crippen molar-refractivity contribution in [1.82, 2.24) is 9.97 Å². The Labute approximate surface area is 395 Å². The van der Waals surface area contributed by atoms with E-state index < -0.39 is 0 Å². The second-order valence-corrected chi connectivity index (χ2v) is 19.7. The molecular formula is C60H55N2OPt-. The standard InChI is InChI=1S/C60H55N2O.Pt/c1-11-39-16-15-19-43(28-39)41-20-22-42(23-21-41)44-24-25-57(63)53(34-44)56-37-47(46-30-51(59(5,6)7)38-52(31-46)60(8,9)10)36-55(62-56)49-29-48(32-50(33-49)58(2,3)4)54-35-45(26-27-61-54)40-17-13-12-14-18-40;/h1,12-28,30-38,63H,2-10H3;/q-1;. The van der Waals surface area contributed by atoms with E-state index in [4.69, 9.17) is 16.4 Å². The van der Waals surface area contributed by atoms with E-state index in [1.54, 1.807) is 6.07 Å². The van der Waals surface area contributed by atoms with Crippen LogP contribution >= 0.6 is 0 Å². The molecule has 322 valence electrons. The van der Waals surface area contributed by atoms with Gasteiger partial charge in [0.05, 0.1) is 5.69 Å². The first-order chi connectivity index (χ1) is 29.9. The van der Waals surface area contributed by atoms with Crippen LogP contribution in [0.25, 0.3) is 78.3 Å². The minimum atomic E-state index is -0.176. The third-order valence-corrected chi connectivity index (χ3v) is 11.8. The first kappa shape index (κ1) is 45.7. The van der Waals surface area contributed by atoms with Crippen molar-refractivity contribution < 1.29 is 26.2 Å². The van der Waals surface area contributed by atoms with Crippen LogP contribution in [0.2, 0.25) is 0 Å². The molecule has 0 spiro atoms. The van der Waals surface area contributed by atoms with Gasteiger partial charge in [0.2, 0.25) is 0 Å². The number of benzene rings is 6. The summed E-state index contributed by atoms with van der Waals surface area (Å²) in [5.41, 5.74) is 17.3. The van der Waals surface area contributed by atoms with Gasteiger partial charge in [0.25, 0.3) is 0 Å². The van der Waals surface area contributed by atoms with Crippen molar-refractivity contribution in [3.05, 3.63) is 186 Å². The summed E-state index contributed by atoms with van der Waals surface area (Å²) >= 11 is 0. The van der Waals surface area contributed by atoms with Gasteiger partial charge in [0.1, 0.15) is 5.75 Å². The SMILES string of the molecule is C#Cc1cccc(-c2ccc(-c3ccc(O)c(-c4cc(-c5cc(C(C)(C)C)cc(C(C)(C)C)c5)cc(-c5[c-]c(-c6cc(-c7ccccc7)ccn6)cc(C(C)(C)C)c5)n4)c3)cc2)c1.[Pt]. The molecule has 8 rings (SSSR count). The smallest absolute Gasteiger partial charge is 0.124 e. The number of rotatable bonds is 7. The molecule has 0 amide bonds. The normalized spacial score (nSPS) is 11.8. The Bertz CT molecular complexity index is 2980. The summed E-state index contributed by atoms with van der Waals surface area (Å²) in [4.78, 5) is 10.3. The predicted molar refractivity (Wildman–Crippen MR) is 265 cm³/mol. The van der Waals surface area contributed by atoms with Crippen LogP contribution in [-0.4, -0.2) is 15.1 Å². The number of aromatic hydroxyl groups is 1. The topological polar surface area (TPSA) is 46.0 Å². The van der Waals surface area contributed by atoms with Crippen LogP contribution < -0.4 is 0 Å². The first-order valence-electron chi connectivity index (χ1n) is 21.7. The van der Waals surface area contributed by atoms with Gasteiger partial charge in [-0.1, -0.05) is 182 Å². The number of pyridine rings is 2. The fourth-order valence-electron chi connectivity index (χ4n) is 7.86. The fraction of sp³-hybridized carbons (Fsp3) is 0.200. The minimum Gasteiger partial charge on any atom is -0.507 e. The molecule has 0 unspecified atom stereocenters. The van der Waals surface area contributed by atoms with Gasteiger partial charge in [0.15, 0.2) is 0 Å². The van der Waals surface area contributed by atoms with Crippen LogP contribution in [0.5, 0.6) is 5.75 Å². The van der Waals surface area contributed by atoms with Crippen LogP contribution in [0, 0.1) is 18.4 Å². The second kappa shape index (κ2) is 18.0. The number of hydrogen-bond donors (Lipinski definition) is 1. The van der Waals surface area contributed by atoms with E-state index in [2.05, 4.69) is 183 Å². The van der Waals surface area contributed by atoms with Gasteiger partial charge < -0.3 is 5.11 Å². The Morgan fingerprint density at radius 2 is 0.938 bits per heavy atom. The number of phenols is 1. The van der Waals surface area contributed by atoms with Crippen LogP contribution in [0.4, 0.5) is 0 Å². The molecule has 0 aliphatic carbocycles. The van der Waals surface area contributed by atoms with E-state index >= 15 is 0 Å². The van der Waals surface area contributed by atoms with Crippen molar-refractivity contribution >= 4 is 0 Å². The molecule has 0 aliphatic rings. The monoisotopic (exact) mass is 1010 g/mol. The molecule has 3 nitrogen and oxygen atoms in total. The quantitative estimate of drug-likeness (QED) is 0.128. The summed E-state index contributed by atoms with van der Waals surface area (Å²) in [6.45, 7) is 20.3. The van der Waals surface area contributed by atoms with E-state index in [-0.39, 0.29) is 43.1 Å². The second-order valence-electron chi connectivity index (χ2n) is 19.7. The van der Waals surface area contributed by atoms with Crippen LogP contribution in [0.1, 0.15) is 84.6 Å². The van der Waals surface area contributed by atoms with Crippen molar-refractivity contribution in [1.29, 1.82) is 0 Å². The molecule has 2 aromatic heterocycles. The number of nitrogens with zero attached hydrogens (tertiary/aromatic N) is 2. The van der Waals surface area contributed by atoms with Crippen molar-refractivity contribution in [2.24, 2.45) is 0 Å². The number of phenolic OH excluding ortho intramolecular Hbond substituents is 1. The van der Waals surface area contributed by atoms with Gasteiger partial charge in [0, 0.05) is 49.8 Å². The van der Waals surface area contributed by atoms with Gasteiger partial charge >= 0.3 is 0 Å². The molecule has 0 bridgehead atoms. The van der Waals surface area contributed by atoms with Gasteiger partial charge in [-0.05, 0) is 108 Å². The first-order valence-corrected chi connectivity index (χ1v) is 21.7. The molecule has 64 heavy (non-hydrogen) atoms. The maximum atomic E-state index is 11.7. The molecule has 8 aromatic rings. The Morgan fingerprint density at radius 1 is 0.453 bits per heavy atom. The van der Waals surface area contributed by atoms with Gasteiger partial charge in [-0.2, -0.15) is 0 Å². The van der Waals surface area contributed by atoms with Crippen LogP contribution in [0.15, 0.2) is 158 Å². The van der Waals surface area contributed by atoms with Crippen LogP contribution in [-0.2, 0) is 37.3 Å². The molecule has 0 aliphatic heterocycles. The van der Waals surface area contributed by atoms with E-state index in [1.165, 1.54) is 11.1 Å². The van der Waals surface area contributed by atoms with Gasteiger partial charge in [-0.15, -0.1) is 30.2 Å². The molecular weight excluding hydrogens is 960 g/mol. The van der Waals surface area contributed by atoms with Crippen molar-refractivity contribution in [2.75, 3.05) is 0 Å². The van der Waals surface area contributed by atoms with E-state index in [0.29, 0.717) is 11.3 Å². The average Bonchev–Trinajstić information content (AvgIpc) is 3.28. The van der Waals surface area contributed by atoms with E-state index in [0.717, 1.165) is 78.1 Å². The zero-order valence-electron chi connectivity index (χ0n) is 38.2. The van der Waals surface area contributed by atoms with Gasteiger partial charge in [-0.3, -0.25) is 9.97 Å². The summed E-state index contributed by atoms with van der Waals surface area (Å²) in [5.74, 6) is 2.90. The molecule has 0 saturated heterocycles. The summed E-state index contributed by atoms with van der Waals surface area (Å²) in [6.07, 6.45) is 7.58. The summed E-state index contributed by atoms with van der Waals surface area (Å²) in [6, 6.07) is 56.3. The zero-order valence-corrected chi connectivity index (χ0v) is 40.5. The van der Waals surface area contributed by atoms with Crippen LogP contribution in [0.3, 0.4) is 0 Å². The van der Waals surface area contributed by atoms with Crippen molar-refractivity contribution in [3.8, 4) is 96.4 Å². The predicted octanol–water partition coefficient (Wildman–Crippen LogP) is 15.5. The Balaban J connectivity index is 0.00000612. The molecule has 0 radical (unpaired) electrons. The average molecular weight is 1020 g/mol. The molecule has 1 N–H and O–H groups in total. The van der Waals surface area contributed by atoms with Gasteiger partial charge in [-0.25, -0.2) is 0 Å². The van der Waals surface area contributed by atoms with Crippen molar-refractivity contribution in [2.45, 2.75) is 78.6 Å². The number of hydrogen-bond acceptors (Lipinski definition) is 3. The number of terminal acetylenes is 1. The fourth-order valence-corrected chi connectivity index (χ4v) is 7.86. The number of aromatic nitrogens is 2. The Hall–Kier alpha value is -6.33. The Kier molecular flexibility index (Phi) is 12.9. The molecule has 0 saturated carbocycles. The van der Waals surface area contributed by atoms with Crippen molar-refractivity contribution in [3.63, 3.8) is 0 Å². The summed E-state index contributed by atoms with van der Waals surface area (Å²) in [7, 11) is 0. The Morgan fingerprint density at radius 3 is 1.55 bits per heavy atom. The van der Waals surface area contributed by atoms with E-state index in [9.17, 15) is 5.11 Å². The molecule has 4 heteroatoms. The maximum absolute atomic E-state index is 11.7. The molecule has 0 atom stereocenters.